The molecule has 0 aliphatic carbocycles. The molecule has 1 aromatic carbocycles. The van der Waals surface area contributed by atoms with Crippen molar-refractivity contribution in [1.29, 1.82) is 0 Å². The Morgan fingerprint density at radius 2 is 2.14 bits per heavy atom. The first kappa shape index (κ1) is 17.2. The topological polar surface area (TPSA) is 79.3 Å². The van der Waals surface area contributed by atoms with Gasteiger partial charge in [0.2, 0.25) is 0 Å². The van der Waals surface area contributed by atoms with E-state index in [1.54, 1.807) is 12.7 Å². The molecule has 0 saturated carbocycles. The molecule has 2 saturated heterocycles. The molecule has 2 atom stereocenters. The number of benzene rings is 1. The number of amides is 1. The molecule has 4 heterocycles. The van der Waals surface area contributed by atoms with Crippen LogP contribution in [0.3, 0.4) is 0 Å². The second-order valence-corrected chi connectivity index (χ2v) is 7.69. The fraction of sp³-hybridized carbons (Fsp3) is 0.450. The van der Waals surface area contributed by atoms with Gasteiger partial charge in [0.25, 0.3) is 0 Å². The van der Waals surface area contributed by atoms with Crippen molar-refractivity contribution in [2.75, 3.05) is 33.3 Å². The van der Waals surface area contributed by atoms with Gasteiger partial charge in [-0.25, -0.2) is 4.79 Å². The summed E-state index contributed by atoms with van der Waals surface area (Å²) >= 11 is 0. The normalized spacial score (nSPS) is 22.1. The molecule has 28 heavy (non-hydrogen) atoms. The Bertz CT molecular complexity index is 982. The van der Waals surface area contributed by atoms with Gasteiger partial charge in [0.15, 0.2) is 0 Å². The van der Waals surface area contributed by atoms with Crippen molar-refractivity contribution in [2.24, 2.45) is 5.92 Å². The molecule has 5 rings (SSSR count). The third-order valence-corrected chi connectivity index (χ3v) is 6.23. The number of H-pyrrole nitrogens is 1. The smallest absolute Gasteiger partial charge is 0.409 e. The maximum absolute atomic E-state index is 11.8. The van der Waals surface area contributed by atoms with Crippen molar-refractivity contribution < 1.29 is 9.53 Å². The van der Waals surface area contributed by atoms with Crippen LogP contribution in [-0.4, -0.2) is 75.0 Å². The van der Waals surface area contributed by atoms with E-state index < -0.39 is 0 Å². The minimum absolute atomic E-state index is 0.201. The van der Waals surface area contributed by atoms with Crippen molar-refractivity contribution in [2.45, 2.75) is 18.9 Å². The summed E-state index contributed by atoms with van der Waals surface area (Å²) in [5.74, 6) is 0.572. The highest BCUT2D eigenvalue weighted by molar-refractivity contribution is 5.85. The number of ether oxygens (including phenoxy) is 1. The Hall–Kier alpha value is -2.87. The second-order valence-electron chi connectivity index (χ2n) is 7.69. The van der Waals surface area contributed by atoms with Gasteiger partial charge in [-0.1, -0.05) is 0 Å². The first-order valence-electron chi connectivity index (χ1n) is 9.75. The molecule has 1 amide bonds. The molecule has 0 bridgehead atoms. The molecule has 146 valence electrons. The number of hydrogen-bond acceptors (Lipinski definition) is 5. The van der Waals surface area contributed by atoms with E-state index in [1.807, 2.05) is 9.47 Å². The standard InChI is InChI=1S/C20H24N6O2/c1-28-20(27)25-10-15-5-7-24(19(15)11-25)6-4-14-9-21-18-3-2-16(8-17(14)18)26-12-22-23-13-26/h2-3,8-9,12-13,15,19,21H,4-7,10-11H2,1H3. The molecule has 2 unspecified atom stereocenters. The first-order valence-corrected chi connectivity index (χ1v) is 9.75. The van der Waals surface area contributed by atoms with Crippen molar-refractivity contribution >= 4 is 17.0 Å². The molecular formula is C20H24N6O2. The number of hydrogen-bond donors (Lipinski definition) is 1. The van der Waals surface area contributed by atoms with Crippen LogP contribution in [0.25, 0.3) is 16.6 Å². The van der Waals surface area contributed by atoms with Gasteiger partial charge in [-0.3, -0.25) is 9.47 Å². The molecule has 2 aromatic heterocycles. The Kier molecular flexibility index (Phi) is 4.27. The molecule has 3 aromatic rings. The van der Waals surface area contributed by atoms with E-state index >= 15 is 0 Å². The van der Waals surface area contributed by atoms with E-state index in [-0.39, 0.29) is 6.09 Å². The van der Waals surface area contributed by atoms with Crippen LogP contribution in [0.1, 0.15) is 12.0 Å². The monoisotopic (exact) mass is 380 g/mol. The van der Waals surface area contributed by atoms with E-state index in [4.69, 9.17) is 4.74 Å². The molecule has 0 radical (unpaired) electrons. The quantitative estimate of drug-likeness (QED) is 0.750. The van der Waals surface area contributed by atoms with Gasteiger partial charge in [-0.05, 0) is 49.1 Å². The summed E-state index contributed by atoms with van der Waals surface area (Å²) in [6.45, 7) is 3.71. The minimum Gasteiger partial charge on any atom is -0.453 e. The summed E-state index contributed by atoms with van der Waals surface area (Å²) in [6.07, 6.45) is 7.48. The number of likely N-dealkylation sites (tertiary alicyclic amines) is 2. The van der Waals surface area contributed by atoms with Gasteiger partial charge in [-0.2, -0.15) is 0 Å². The molecule has 2 aliphatic rings. The third-order valence-electron chi connectivity index (χ3n) is 6.23. The highest BCUT2D eigenvalue weighted by Gasteiger charge is 2.42. The number of carbonyl (C=O) groups is 1. The minimum atomic E-state index is -0.201. The van der Waals surface area contributed by atoms with Crippen molar-refractivity contribution in [3.05, 3.63) is 42.6 Å². The van der Waals surface area contributed by atoms with E-state index in [2.05, 4.69) is 44.5 Å². The molecule has 1 N–H and O–H groups in total. The lowest BCUT2D eigenvalue weighted by Crippen LogP contribution is -2.38. The fourth-order valence-electron chi connectivity index (χ4n) is 4.74. The average molecular weight is 380 g/mol. The third kappa shape index (κ3) is 2.93. The molecule has 2 fully saturated rings. The summed E-state index contributed by atoms with van der Waals surface area (Å²) in [5, 5.41) is 9.03. The summed E-state index contributed by atoms with van der Waals surface area (Å²) < 4.78 is 6.81. The van der Waals surface area contributed by atoms with Crippen LogP contribution in [0.5, 0.6) is 0 Å². The molecule has 8 nitrogen and oxygen atoms in total. The van der Waals surface area contributed by atoms with Crippen molar-refractivity contribution in [3.63, 3.8) is 0 Å². The Morgan fingerprint density at radius 1 is 1.29 bits per heavy atom. The van der Waals surface area contributed by atoms with Gasteiger partial charge in [0, 0.05) is 48.5 Å². The van der Waals surface area contributed by atoms with Gasteiger partial charge in [-0.15, -0.1) is 10.2 Å². The van der Waals surface area contributed by atoms with E-state index in [0.29, 0.717) is 12.0 Å². The van der Waals surface area contributed by atoms with Crippen LogP contribution < -0.4 is 0 Å². The number of rotatable bonds is 4. The summed E-state index contributed by atoms with van der Waals surface area (Å²) in [6, 6.07) is 6.81. The zero-order valence-corrected chi connectivity index (χ0v) is 15.9. The predicted molar refractivity (Wildman–Crippen MR) is 104 cm³/mol. The number of nitrogens with zero attached hydrogens (tertiary/aromatic N) is 5. The lowest BCUT2D eigenvalue weighted by Gasteiger charge is -2.24. The zero-order valence-electron chi connectivity index (χ0n) is 15.9. The van der Waals surface area contributed by atoms with Gasteiger partial charge >= 0.3 is 6.09 Å². The summed E-state index contributed by atoms with van der Waals surface area (Å²) in [5.41, 5.74) is 3.52. The van der Waals surface area contributed by atoms with Crippen LogP contribution in [0, 0.1) is 5.92 Å². The van der Waals surface area contributed by atoms with Crippen molar-refractivity contribution in [1.82, 2.24) is 29.5 Å². The number of methoxy groups -OCH3 is 1. The number of fused-ring (bicyclic) bond motifs is 2. The van der Waals surface area contributed by atoms with Gasteiger partial charge < -0.3 is 14.6 Å². The molecular weight excluding hydrogens is 356 g/mol. The average Bonchev–Trinajstić information content (AvgIpc) is 3.49. The Labute approximate surface area is 163 Å². The van der Waals surface area contributed by atoms with E-state index in [0.717, 1.165) is 50.2 Å². The highest BCUT2D eigenvalue weighted by atomic mass is 16.5. The molecule has 0 spiro atoms. The molecule has 8 heteroatoms. The van der Waals surface area contributed by atoms with E-state index in [9.17, 15) is 4.79 Å². The van der Waals surface area contributed by atoms with Crippen LogP contribution in [0.2, 0.25) is 0 Å². The first-order chi connectivity index (χ1) is 13.7. The van der Waals surface area contributed by atoms with Crippen molar-refractivity contribution in [3.8, 4) is 5.69 Å². The maximum atomic E-state index is 11.8. The zero-order chi connectivity index (χ0) is 19.1. The largest absolute Gasteiger partial charge is 0.453 e. The van der Waals surface area contributed by atoms with Gasteiger partial charge in [0.1, 0.15) is 12.7 Å². The lowest BCUT2D eigenvalue weighted by atomic mass is 10.0. The molecule has 2 aliphatic heterocycles. The van der Waals surface area contributed by atoms with Crippen LogP contribution in [-0.2, 0) is 11.2 Å². The second kappa shape index (κ2) is 6.94. The Balaban J connectivity index is 1.30. The highest BCUT2D eigenvalue weighted by Crippen LogP contribution is 2.32. The predicted octanol–water partition coefficient (Wildman–Crippen LogP) is 2.06. The van der Waals surface area contributed by atoms with Crippen LogP contribution >= 0.6 is 0 Å². The summed E-state index contributed by atoms with van der Waals surface area (Å²) in [4.78, 5) is 19.6. The fourth-order valence-corrected chi connectivity index (χ4v) is 4.74. The Morgan fingerprint density at radius 3 is 2.96 bits per heavy atom. The van der Waals surface area contributed by atoms with E-state index in [1.165, 1.54) is 18.1 Å². The summed E-state index contributed by atoms with van der Waals surface area (Å²) in [7, 11) is 1.46. The number of carbonyl (C=O) groups excluding carboxylic acids is 1. The maximum Gasteiger partial charge on any atom is 0.409 e. The number of nitrogens with one attached hydrogen (secondary N) is 1. The number of aromatic nitrogens is 4. The van der Waals surface area contributed by atoms with Gasteiger partial charge in [0.05, 0.1) is 7.11 Å². The van der Waals surface area contributed by atoms with Crippen LogP contribution in [0.15, 0.2) is 37.1 Å². The lowest BCUT2D eigenvalue weighted by molar-refractivity contribution is 0.126. The SMILES string of the molecule is COC(=O)N1CC2CCN(CCc3c[nH]c4ccc(-n5cnnc5)cc34)C2C1. The number of aromatic amines is 1. The van der Waals surface area contributed by atoms with Crippen LogP contribution in [0.4, 0.5) is 4.79 Å².